The zero-order valence-electron chi connectivity index (χ0n) is 7.09. The summed E-state index contributed by atoms with van der Waals surface area (Å²) < 4.78 is 14.8. The van der Waals surface area contributed by atoms with Crippen molar-refractivity contribution in [1.82, 2.24) is 9.78 Å². The van der Waals surface area contributed by atoms with Gasteiger partial charge in [0, 0.05) is 18.0 Å². The Labute approximate surface area is 79.9 Å². The monoisotopic (exact) mass is 198 g/mol. The topological polar surface area (TPSA) is 17.8 Å². The van der Waals surface area contributed by atoms with E-state index in [4.69, 9.17) is 11.6 Å². The molecule has 0 aliphatic heterocycles. The summed E-state index contributed by atoms with van der Waals surface area (Å²) in [6, 6.07) is 3.00. The smallest absolute Gasteiger partial charge is 0.143 e. The zero-order valence-corrected chi connectivity index (χ0v) is 7.85. The largest absolute Gasteiger partial charge is 0.265 e. The Morgan fingerprint density at radius 3 is 3.00 bits per heavy atom. The van der Waals surface area contributed by atoms with Gasteiger partial charge in [-0.2, -0.15) is 5.10 Å². The van der Waals surface area contributed by atoms with Crippen LogP contribution in [0.5, 0.6) is 0 Å². The lowest BCUT2D eigenvalue weighted by molar-refractivity contribution is 0.626. The first-order valence-electron chi connectivity index (χ1n) is 4.03. The molecule has 2 aromatic rings. The van der Waals surface area contributed by atoms with E-state index in [1.807, 2.05) is 6.92 Å². The molecule has 2 nitrogen and oxygen atoms in total. The first-order valence-corrected chi connectivity index (χ1v) is 4.40. The molecule has 0 bridgehead atoms. The quantitative estimate of drug-likeness (QED) is 0.689. The second-order valence-electron chi connectivity index (χ2n) is 2.79. The van der Waals surface area contributed by atoms with Crippen LogP contribution in [0.1, 0.15) is 6.92 Å². The number of benzene rings is 1. The molecule has 0 spiro atoms. The van der Waals surface area contributed by atoms with Crippen molar-refractivity contribution in [2.24, 2.45) is 0 Å². The van der Waals surface area contributed by atoms with E-state index in [0.717, 1.165) is 17.4 Å². The molecule has 4 heteroatoms. The minimum Gasteiger partial charge on any atom is -0.265 e. The second kappa shape index (κ2) is 3.00. The van der Waals surface area contributed by atoms with Crippen molar-refractivity contribution < 1.29 is 4.39 Å². The van der Waals surface area contributed by atoms with Gasteiger partial charge in [-0.3, -0.25) is 4.68 Å². The molecule has 0 saturated carbocycles. The van der Waals surface area contributed by atoms with Crippen LogP contribution in [0.2, 0.25) is 5.02 Å². The Balaban J connectivity index is 2.77. The third-order valence-electron chi connectivity index (χ3n) is 1.98. The predicted octanol–water partition coefficient (Wildman–Crippen LogP) is 2.85. The average molecular weight is 199 g/mol. The van der Waals surface area contributed by atoms with Gasteiger partial charge in [0.05, 0.1) is 16.7 Å². The molecule has 0 aliphatic rings. The SMILES string of the molecule is CCn1ncc2cc(Cl)c(F)cc21. The van der Waals surface area contributed by atoms with E-state index in [9.17, 15) is 4.39 Å². The Morgan fingerprint density at radius 1 is 1.54 bits per heavy atom. The number of halogens is 2. The van der Waals surface area contributed by atoms with E-state index in [1.165, 1.54) is 6.07 Å². The number of hydrogen-bond donors (Lipinski definition) is 0. The maximum atomic E-state index is 13.1. The molecule has 68 valence electrons. The molecule has 0 radical (unpaired) electrons. The highest BCUT2D eigenvalue weighted by Gasteiger charge is 2.06. The van der Waals surface area contributed by atoms with Crippen molar-refractivity contribution in [3.63, 3.8) is 0 Å². The first-order chi connectivity index (χ1) is 6.22. The minimum absolute atomic E-state index is 0.142. The molecule has 0 saturated heterocycles. The van der Waals surface area contributed by atoms with E-state index < -0.39 is 5.82 Å². The summed E-state index contributed by atoms with van der Waals surface area (Å²) >= 11 is 5.63. The molecule has 1 aromatic carbocycles. The molecule has 13 heavy (non-hydrogen) atoms. The number of fused-ring (bicyclic) bond motifs is 1. The van der Waals surface area contributed by atoms with E-state index in [2.05, 4.69) is 5.10 Å². The van der Waals surface area contributed by atoms with Crippen LogP contribution in [0.25, 0.3) is 10.9 Å². The average Bonchev–Trinajstić information content (AvgIpc) is 2.48. The van der Waals surface area contributed by atoms with Crippen LogP contribution in [-0.4, -0.2) is 9.78 Å². The van der Waals surface area contributed by atoms with E-state index in [0.29, 0.717) is 0 Å². The highest BCUT2D eigenvalue weighted by molar-refractivity contribution is 6.31. The van der Waals surface area contributed by atoms with Crippen LogP contribution < -0.4 is 0 Å². The summed E-state index contributed by atoms with van der Waals surface area (Å²) in [4.78, 5) is 0. The molecule has 2 rings (SSSR count). The lowest BCUT2D eigenvalue weighted by Crippen LogP contribution is -1.95. The third kappa shape index (κ3) is 1.29. The van der Waals surface area contributed by atoms with Gasteiger partial charge in [0.25, 0.3) is 0 Å². The lowest BCUT2D eigenvalue weighted by Gasteiger charge is -1.98. The van der Waals surface area contributed by atoms with Crippen molar-refractivity contribution in [1.29, 1.82) is 0 Å². The van der Waals surface area contributed by atoms with Crippen molar-refractivity contribution in [2.45, 2.75) is 13.5 Å². The summed E-state index contributed by atoms with van der Waals surface area (Å²) in [6.45, 7) is 2.68. The fourth-order valence-electron chi connectivity index (χ4n) is 1.32. The number of aromatic nitrogens is 2. The molecule has 0 amide bonds. The minimum atomic E-state index is -0.399. The number of aryl methyl sites for hydroxylation is 1. The summed E-state index contributed by atoms with van der Waals surface area (Å²) in [6.07, 6.45) is 1.68. The first kappa shape index (κ1) is 8.51. The van der Waals surface area contributed by atoms with Crippen molar-refractivity contribution in [3.8, 4) is 0 Å². The van der Waals surface area contributed by atoms with Gasteiger partial charge in [-0.15, -0.1) is 0 Å². The van der Waals surface area contributed by atoms with Gasteiger partial charge in [-0.05, 0) is 13.0 Å². The van der Waals surface area contributed by atoms with Crippen LogP contribution in [0.3, 0.4) is 0 Å². The predicted molar refractivity (Wildman–Crippen MR) is 50.4 cm³/mol. The van der Waals surface area contributed by atoms with Crippen molar-refractivity contribution in [3.05, 3.63) is 29.2 Å². The fourth-order valence-corrected chi connectivity index (χ4v) is 1.50. The lowest BCUT2D eigenvalue weighted by atomic mass is 10.2. The van der Waals surface area contributed by atoms with E-state index in [-0.39, 0.29) is 5.02 Å². The van der Waals surface area contributed by atoms with Crippen molar-refractivity contribution >= 4 is 22.5 Å². The summed E-state index contributed by atoms with van der Waals surface area (Å²) in [5.41, 5.74) is 0.782. The van der Waals surface area contributed by atoms with Crippen molar-refractivity contribution in [2.75, 3.05) is 0 Å². The molecule has 0 atom stereocenters. The second-order valence-corrected chi connectivity index (χ2v) is 3.19. The molecular formula is C9H8ClFN2. The summed E-state index contributed by atoms with van der Waals surface area (Å²) in [5.74, 6) is -0.399. The Kier molecular flexibility index (Phi) is 1.96. The summed E-state index contributed by atoms with van der Waals surface area (Å²) in [7, 11) is 0. The Hall–Kier alpha value is -1.09. The van der Waals surface area contributed by atoms with E-state index in [1.54, 1.807) is 16.9 Å². The third-order valence-corrected chi connectivity index (χ3v) is 2.27. The number of nitrogens with zero attached hydrogens (tertiary/aromatic N) is 2. The highest BCUT2D eigenvalue weighted by Crippen LogP contribution is 2.22. The van der Waals surface area contributed by atoms with Crippen LogP contribution in [-0.2, 0) is 6.54 Å². The van der Waals surface area contributed by atoms with Gasteiger partial charge in [0.2, 0.25) is 0 Å². The fraction of sp³-hybridized carbons (Fsp3) is 0.222. The Bertz CT molecular complexity index is 450. The number of rotatable bonds is 1. The zero-order chi connectivity index (χ0) is 9.42. The molecular weight excluding hydrogens is 191 g/mol. The normalized spacial score (nSPS) is 11.0. The van der Waals surface area contributed by atoms with Gasteiger partial charge >= 0.3 is 0 Å². The molecule has 0 aliphatic carbocycles. The maximum Gasteiger partial charge on any atom is 0.143 e. The Morgan fingerprint density at radius 2 is 2.31 bits per heavy atom. The van der Waals surface area contributed by atoms with Gasteiger partial charge in [-0.25, -0.2) is 4.39 Å². The standard InChI is InChI=1S/C9H8ClFN2/c1-2-13-9-4-8(11)7(10)3-6(9)5-12-13/h3-5H,2H2,1H3. The molecule has 0 unspecified atom stereocenters. The maximum absolute atomic E-state index is 13.1. The number of hydrogen-bond acceptors (Lipinski definition) is 1. The van der Waals surface area contributed by atoms with Crippen LogP contribution in [0.15, 0.2) is 18.3 Å². The molecule has 1 heterocycles. The van der Waals surface area contributed by atoms with Gasteiger partial charge in [0.1, 0.15) is 5.82 Å². The van der Waals surface area contributed by atoms with Crippen LogP contribution >= 0.6 is 11.6 Å². The molecule has 0 N–H and O–H groups in total. The van der Waals surface area contributed by atoms with Gasteiger partial charge < -0.3 is 0 Å². The van der Waals surface area contributed by atoms with Crippen LogP contribution in [0.4, 0.5) is 4.39 Å². The van der Waals surface area contributed by atoms with Crippen LogP contribution in [0, 0.1) is 5.82 Å². The summed E-state index contributed by atoms with van der Waals surface area (Å²) in [5, 5.41) is 5.10. The van der Waals surface area contributed by atoms with Gasteiger partial charge in [-0.1, -0.05) is 11.6 Å². The van der Waals surface area contributed by atoms with E-state index >= 15 is 0 Å². The molecule has 0 fully saturated rings. The molecule has 1 aromatic heterocycles. The highest BCUT2D eigenvalue weighted by atomic mass is 35.5. The van der Waals surface area contributed by atoms with Gasteiger partial charge in [0.15, 0.2) is 0 Å².